The molecule has 2 unspecified atom stereocenters. The number of alkyl halides is 5. The number of aryl methyl sites for hydroxylation is 1. The van der Waals surface area contributed by atoms with E-state index in [1.807, 2.05) is 0 Å². The molecule has 2 aromatic heterocycles. The molecular formula is C21H18F5N5O4. The molecule has 2 aromatic rings. The number of anilines is 1. The van der Waals surface area contributed by atoms with E-state index in [1.165, 1.54) is 0 Å². The number of carbonyl (C=O) groups excluding carboxylic acids is 2. The molecule has 9 nitrogen and oxygen atoms in total. The fourth-order valence-corrected chi connectivity index (χ4v) is 3.66. The van der Waals surface area contributed by atoms with Crippen LogP contribution in [0.5, 0.6) is 5.75 Å². The Morgan fingerprint density at radius 3 is 2.66 bits per heavy atom. The summed E-state index contributed by atoms with van der Waals surface area (Å²) in [4.78, 5) is 32.5. The Morgan fingerprint density at radius 2 is 2.11 bits per heavy atom. The molecule has 186 valence electrons. The molecule has 0 fully saturated rings. The molecule has 3 heterocycles. The number of urea groups is 1. The van der Waals surface area contributed by atoms with Gasteiger partial charge in [-0.05, 0) is 24.5 Å². The summed E-state index contributed by atoms with van der Waals surface area (Å²) < 4.78 is 76.1. The van der Waals surface area contributed by atoms with Gasteiger partial charge in [-0.15, -0.1) is 0 Å². The number of carbonyl (C=O) groups is 2. The highest BCUT2D eigenvalue weighted by atomic mass is 19.4. The van der Waals surface area contributed by atoms with Crippen LogP contribution in [0.3, 0.4) is 0 Å². The van der Waals surface area contributed by atoms with Crippen LogP contribution in [-0.2, 0) is 11.2 Å². The Hall–Kier alpha value is -3.86. The van der Waals surface area contributed by atoms with E-state index in [-0.39, 0.29) is 41.8 Å². The van der Waals surface area contributed by atoms with E-state index in [2.05, 4.69) is 14.7 Å². The maximum Gasteiger partial charge on any atom is 0.427 e. The number of methoxy groups -OCH3 is 1. The topological polar surface area (TPSA) is 131 Å². The summed E-state index contributed by atoms with van der Waals surface area (Å²) in [5.41, 5.74) is 4.24. The Labute approximate surface area is 195 Å². The van der Waals surface area contributed by atoms with Gasteiger partial charge in [0.1, 0.15) is 28.9 Å². The first-order chi connectivity index (χ1) is 16.5. The minimum Gasteiger partial charge on any atom is -0.477 e. The van der Waals surface area contributed by atoms with Gasteiger partial charge in [0.15, 0.2) is 6.29 Å². The first-order valence-electron chi connectivity index (χ1n) is 9.99. The van der Waals surface area contributed by atoms with Crippen molar-refractivity contribution in [3.63, 3.8) is 0 Å². The van der Waals surface area contributed by atoms with E-state index >= 15 is 0 Å². The SMILES string of the molecule is COCC(Oc1cc(C2CCc3cc(C(F)F)c(C=O)nc3N2C(N)=O)ncc1C#N)C(F)(F)F. The summed E-state index contributed by atoms with van der Waals surface area (Å²) in [6.07, 6.45) is -8.90. The van der Waals surface area contributed by atoms with Crippen molar-refractivity contribution >= 4 is 18.1 Å². The number of aldehydes is 1. The minimum atomic E-state index is -4.81. The van der Waals surface area contributed by atoms with Crippen molar-refractivity contribution in [3.8, 4) is 11.8 Å². The number of fused-ring (bicyclic) bond motifs is 1. The summed E-state index contributed by atoms with van der Waals surface area (Å²) in [6.45, 7) is -0.846. The first kappa shape index (κ1) is 25.8. The normalized spacial score (nSPS) is 16.4. The Kier molecular flexibility index (Phi) is 7.49. The van der Waals surface area contributed by atoms with Crippen LogP contribution >= 0.6 is 0 Å². The summed E-state index contributed by atoms with van der Waals surface area (Å²) in [6, 6.07) is 1.75. The van der Waals surface area contributed by atoms with Crippen LogP contribution in [0.15, 0.2) is 18.3 Å². The molecule has 0 bridgehead atoms. The number of amides is 2. The van der Waals surface area contributed by atoms with Crippen molar-refractivity contribution < 1.29 is 41.0 Å². The van der Waals surface area contributed by atoms with Crippen LogP contribution in [-0.4, -0.2) is 48.3 Å². The molecule has 2 amide bonds. The lowest BCUT2D eigenvalue weighted by atomic mass is 9.94. The molecule has 3 rings (SSSR count). The number of pyridine rings is 2. The molecule has 0 saturated carbocycles. The highest BCUT2D eigenvalue weighted by Crippen LogP contribution is 2.40. The first-order valence-corrected chi connectivity index (χ1v) is 9.99. The van der Waals surface area contributed by atoms with Gasteiger partial charge in [0.2, 0.25) is 6.10 Å². The molecule has 0 saturated heterocycles. The quantitative estimate of drug-likeness (QED) is 0.455. The second kappa shape index (κ2) is 10.2. The molecule has 0 radical (unpaired) electrons. The van der Waals surface area contributed by atoms with Crippen molar-refractivity contribution in [2.45, 2.75) is 37.6 Å². The maximum atomic E-state index is 13.3. The lowest BCUT2D eigenvalue weighted by Crippen LogP contribution is -2.43. The number of primary amides is 1. The number of nitrogens with two attached hydrogens (primary N) is 1. The summed E-state index contributed by atoms with van der Waals surface area (Å²) >= 11 is 0. The van der Waals surface area contributed by atoms with Gasteiger partial charge in [0.25, 0.3) is 6.43 Å². The highest BCUT2D eigenvalue weighted by Gasteiger charge is 2.42. The molecule has 14 heteroatoms. The second-order valence-corrected chi connectivity index (χ2v) is 7.45. The van der Waals surface area contributed by atoms with Crippen LogP contribution in [0.25, 0.3) is 0 Å². The summed E-state index contributed by atoms with van der Waals surface area (Å²) in [5.74, 6) is -0.608. The highest BCUT2D eigenvalue weighted by molar-refractivity contribution is 5.92. The van der Waals surface area contributed by atoms with Crippen molar-refractivity contribution in [2.24, 2.45) is 5.73 Å². The van der Waals surface area contributed by atoms with Gasteiger partial charge in [-0.25, -0.2) is 18.6 Å². The largest absolute Gasteiger partial charge is 0.477 e. The van der Waals surface area contributed by atoms with Crippen LogP contribution in [0.2, 0.25) is 0 Å². The van der Waals surface area contributed by atoms with Crippen LogP contribution in [0.1, 0.15) is 51.8 Å². The molecule has 2 atom stereocenters. The van der Waals surface area contributed by atoms with Gasteiger partial charge >= 0.3 is 12.2 Å². The van der Waals surface area contributed by atoms with E-state index in [0.717, 1.165) is 30.3 Å². The Bertz CT molecular complexity index is 1170. The number of hydrogen-bond donors (Lipinski definition) is 1. The molecular weight excluding hydrogens is 481 g/mol. The van der Waals surface area contributed by atoms with Crippen molar-refractivity contribution in [1.29, 1.82) is 5.26 Å². The molecule has 1 aliphatic rings. The third-order valence-electron chi connectivity index (χ3n) is 5.25. The zero-order chi connectivity index (χ0) is 25.9. The number of rotatable bonds is 7. The number of nitriles is 1. The predicted octanol–water partition coefficient (Wildman–Crippen LogP) is 3.63. The summed E-state index contributed by atoms with van der Waals surface area (Å²) in [7, 11) is 1.05. The Morgan fingerprint density at radius 1 is 1.40 bits per heavy atom. The predicted molar refractivity (Wildman–Crippen MR) is 109 cm³/mol. The second-order valence-electron chi connectivity index (χ2n) is 7.45. The van der Waals surface area contributed by atoms with E-state index in [1.54, 1.807) is 6.07 Å². The van der Waals surface area contributed by atoms with Gasteiger partial charge < -0.3 is 15.2 Å². The van der Waals surface area contributed by atoms with Crippen molar-refractivity contribution in [1.82, 2.24) is 9.97 Å². The molecule has 2 N–H and O–H groups in total. The van der Waals surface area contributed by atoms with Crippen LogP contribution in [0.4, 0.5) is 32.6 Å². The fourth-order valence-electron chi connectivity index (χ4n) is 3.66. The maximum absolute atomic E-state index is 13.3. The number of ether oxygens (including phenoxy) is 2. The van der Waals surface area contributed by atoms with Gasteiger partial charge in [-0.2, -0.15) is 18.4 Å². The van der Waals surface area contributed by atoms with Gasteiger partial charge in [0, 0.05) is 24.9 Å². The molecule has 0 spiro atoms. The fraction of sp³-hybridized carbons (Fsp3) is 0.381. The number of aromatic nitrogens is 2. The summed E-state index contributed by atoms with van der Waals surface area (Å²) in [5, 5.41) is 9.29. The zero-order valence-corrected chi connectivity index (χ0v) is 18.1. The van der Waals surface area contributed by atoms with Crippen molar-refractivity contribution in [3.05, 3.63) is 46.4 Å². The third kappa shape index (κ3) is 5.29. The van der Waals surface area contributed by atoms with E-state index < -0.39 is 54.4 Å². The Balaban J connectivity index is 2.07. The lowest BCUT2D eigenvalue weighted by Gasteiger charge is -2.35. The van der Waals surface area contributed by atoms with Crippen LogP contribution in [0, 0.1) is 11.3 Å². The molecule has 0 aliphatic carbocycles. The van der Waals surface area contributed by atoms with Gasteiger partial charge in [-0.1, -0.05) is 0 Å². The zero-order valence-electron chi connectivity index (χ0n) is 18.1. The average Bonchev–Trinajstić information content (AvgIpc) is 2.81. The smallest absolute Gasteiger partial charge is 0.427 e. The van der Waals surface area contributed by atoms with Gasteiger partial charge in [-0.3, -0.25) is 14.7 Å². The third-order valence-corrected chi connectivity index (χ3v) is 5.25. The number of halogens is 5. The van der Waals surface area contributed by atoms with E-state index in [4.69, 9.17) is 10.5 Å². The van der Waals surface area contributed by atoms with E-state index in [0.29, 0.717) is 0 Å². The lowest BCUT2D eigenvalue weighted by molar-refractivity contribution is -0.206. The monoisotopic (exact) mass is 499 g/mol. The molecule has 1 aliphatic heterocycles. The van der Waals surface area contributed by atoms with Crippen LogP contribution < -0.4 is 15.4 Å². The standard InChI is InChI=1S/C21H18F5N5O4/c1-34-9-17(21(24,25)26)35-16-5-13(29-7-11(16)6-27)15-3-2-10-4-12(18(22)23)14(8-32)30-19(10)31(15)20(28)33/h4-5,7-8,15,17-18H,2-3,9H2,1H3,(H2,28,33). The van der Waals surface area contributed by atoms with Gasteiger partial charge in [0.05, 0.1) is 18.3 Å². The average molecular weight is 499 g/mol. The number of nitrogens with zero attached hydrogens (tertiary/aromatic N) is 4. The van der Waals surface area contributed by atoms with E-state index in [9.17, 15) is 36.8 Å². The minimum absolute atomic E-state index is 0.00850. The molecule has 0 aromatic carbocycles. The van der Waals surface area contributed by atoms with Crippen molar-refractivity contribution in [2.75, 3.05) is 18.6 Å². The number of hydrogen-bond acceptors (Lipinski definition) is 7. The molecule has 35 heavy (non-hydrogen) atoms.